The maximum atomic E-state index is 9.54. The molecule has 0 atom stereocenters. The molecule has 0 saturated carbocycles. The first kappa shape index (κ1) is 12.5. The molecule has 2 aromatic carbocycles. The van der Waals surface area contributed by atoms with Gasteiger partial charge < -0.3 is 9.84 Å². The van der Waals surface area contributed by atoms with Gasteiger partial charge in [0.1, 0.15) is 11.5 Å². The van der Waals surface area contributed by atoms with Crippen molar-refractivity contribution in [2.45, 2.75) is 0 Å². The predicted octanol–water partition coefficient (Wildman–Crippen LogP) is 5.05. The minimum atomic E-state index is 0.294. The van der Waals surface area contributed by atoms with Crippen LogP contribution in [0.15, 0.2) is 46.9 Å². The molecule has 3 rings (SSSR count). The summed E-state index contributed by atoms with van der Waals surface area (Å²) in [7, 11) is 1.66. The van der Waals surface area contributed by atoms with Crippen LogP contribution in [0.5, 0.6) is 11.5 Å². The maximum absolute atomic E-state index is 9.54. The van der Waals surface area contributed by atoms with Crippen molar-refractivity contribution in [3.8, 4) is 21.9 Å². The average Bonchev–Trinajstić information content (AvgIpc) is 2.75. The molecule has 4 heteroatoms. The van der Waals surface area contributed by atoms with Crippen LogP contribution < -0.4 is 4.74 Å². The summed E-state index contributed by atoms with van der Waals surface area (Å²) in [4.78, 5) is 1.16. The molecular formula is C15H11BrO2S. The number of benzene rings is 2. The standard InChI is InChI=1S/C15H11BrO2S/c1-18-11-5-2-9(3-6-11)15-14(16)12-7-4-10(17)8-13(12)19-15/h2-8,17H,1H3. The van der Waals surface area contributed by atoms with Gasteiger partial charge in [-0.3, -0.25) is 0 Å². The molecule has 0 fully saturated rings. The second-order valence-electron chi connectivity index (χ2n) is 4.15. The van der Waals surface area contributed by atoms with Crippen molar-refractivity contribution < 1.29 is 9.84 Å². The summed E-state index contributed by atoms with van der Waals surface area (Å²) in [5.41, 5.74) is 1.13. The van der Waals surface area contributed by atoms with E-state index in [1.54, 1.807) is 30.6 Å². The first-order valence-electron chi connectivity index (χ1n) is 5.74. The van der Waals surface area contributed by atoms with Crippen LogP contribution in [0.1, 0.15) is 0 Å². The van der Waals surface area contributed by atoms with E-state index in [0.29, 0.717) is 5.75 Å². The van der Waals surface area contributed by atoms with Crippen LogP contribution in [-0.4, -0.2) is 12.2 Å². The van der Waals surface area contributed by atoms with Gasteiger partial charge in [-0.15, -0.1) is 11.3 Å². The summed E-state index contributed by atoms with van der Waals surface area (Å²) < 4.78 is 7.30. The number of rotatable bonds is 2. The zero-order valence-corrected chi connectivity index (χ0v) is 12.6. The molecule has 1 N–H and O–H groups in total. The van der Waals surface area contributed by atoms with Crippen LogP contribution in [0, 0.1) is 0 Å². The number of phenolic OH excluding ortho intramolecular Hbond substituents is 1. The minimum Gasteiger partial charge on any atom is -0.508 e. The Balaban J connectivity index is 2.15. The third-order valence-electron chi connectivity index (χ3n) is 2.97. The number of methoxy groups -OCH3 is 1. The molecule has 96 valence electrons. The van der Waals surface area contributed by atoms with Gasteiger partial charge in [-0.25, -0.2) is 0 Å². The molecule has 1 aromatic heterocycles. The van der Waals surface area contributed by atoms with E-state index in [-0.39, 0.29) is 0 Å². The van der Waals surface area contributed by atoms with Gasteiger partial charge in [0, 0.05) is 19.4 Å². The Bertz CT molecular complexity index is 732. The van der Waals surface area contributed by atoms with Crippen LogP contribution in [0.25, 0.3) is 20.5 Å². The van der Waals surface area contributed by atoms with Crippen molar-refractivity contribution in [3.05, 3.63) is 46.9 Å². The fraction of sp³-hybridized carbons (Fsp3) is 0.0667. The fourth-order valence-corrected chi connectivity index (χ4v) is 4.06. The molecule has 0 aliphatic rings. The Morgan fingerprint density at radius 1 is 1.11 bits per heavy atom. The summed E-state index contributed by atoms with van der Waals surface area (Å²) in [6.07, 6.45) is 0. The van der Waals surface area contributed by atoms with Crippen LogP contribution in [0.3, 0.4) is 0 Å². The lowest BCUT2D eigenvalue weighted by Gasteiger charge is -2.02. The van der Waals surface area contributed by atoms with Gasteiger partial charge in [-0.2, -0.15) is 0 Å². The van der Waals surface area contributed by atoms with Crippen LogP contribution >= 0.6 is 27.3 Å². The summed E-state index contributed by atoms with van der Waals surface area (Å²) in [5.74, 6) is 1.14. The van der Waals surface area contributed by atoms with E-state index in [1.165, 1.54) is 0 Å². The van der Waals surface area contributed by atoms with Gasteiger partial charge in [0.15, 0.2) is 0 Å². The molecule has 3 aromatic rings. The highest BCUT2D eigenvalue weighted by atomic mass is 79.9. The van der Waals surface area contributed by atoms with Gasteiger partial charge in [0.25, 0.3) is 0 Å². The summed E-state index contributed by atoms with van der Waals surface area (Å²) in [5, 5.41) is 10.7. The normalized spacial score (nSPS) is 10.8. The summed E-state index contributed by atoms with van der Waals surface area (Å²) >= 11 is 5.30. The van der Waals surface area contributed by atoms with Crippen LogP contribution in [0.2, 0.25) is 0 Å². The van der Waals surface area contributed by atoms with E-state index >= 15 is 0 Å². The van der Waals surface area contributed by atoms with Crippen molar-refractivity contribution in [3.63, 3.8) is 0 Å². The number of aromatic hydroxyl groups is 1. The zero-order chi connectivity index (χ0) is 13.4. The lowest BCUT2D eigenvalue weighted by atomic mass is 10.1. The van der Waals surface area contributed by atoms with Crippen molar-refractivity contribution in [1.82, 2.24) is 0 Å². The van der Waals surface area contributed by atoms with E-state index in [0.717, 1.165) is 30.7 Å². The van der Waals surface area contributed by atoms with Crippen molar-refractivity contribution in [1.29, 1.82) is 0 Å². The highest BCUT2D eigenvalue weighted by molar-refractivity contribution is 9.10. The lowest BCUT2D eigenvalue weighted by molar-refractivity contribution is 0.415. The van der Waals surface area contributed by atoms with E-state index < -0.39 is 0 Å². The summed E-state index contributed by atoms with van der Waals surface area (Å²) in [6, 6.07) is 13.4. The van der Waals surface area contributed by atoms with Gasteiger partial charge >= 0.3 is 0 Å². The highest BCUT2D eigenvalue weighted by Gasteiger charge is 2.12. The number of thiophene rings is 1. The molecule has 0 bridgehead atoms. The third-order valence-corrected chi connectivity index (χ3v) is 5.25. The number of hydrogen-bond donors (Lipinski definition) is 1. The lowest BCUT2D eigenvalue weighted by Crippen LogP contribution is -1.81. The number of ether oxygens (including phenoxy) is 1. The monoisotopic (exact) mass is 334 g/mol. The second kappa shape index (κ2) is 4.87. The maximum Gasteiger partial charge on any atom is 0.118 e. The van der Waals surface area contributed by atoms with Gasteiger partial charge in [0.05, 0.1) is 7.11 Å². The van der Waals surface area contributed by atoms with Crippen LogP contribution in [-0.2, 0) is 0 Å². The molecular weight excluding hydrogens is 324 g/mol. The van der Waals surface area contributed by atoms with Crippen LogP contribution in [0.4, 0.5) is 0 Å². The number of hydrogen-bond acceptors (Lipinski definition) is 3. The van der Waals surface area contributed by atoms with Gasteiger partial charge in [-0.1, -0.05) is 0 Å². The fourth-order valence-electron chi connectivity index (χ4n) is 1.98. The smallest absolute Gasteiger partial charge is 0.118 e. The molecule has 0 saturated heterocycles. The Morgan fingerprint density at radius 3 is 2.53 bits per heavy atom. The zero-order valence-electron chi connectivity index (χ0n) is 10.2. The molecule has 19 heavy (non-hydrogen) atoms. The molecule has 2 nitrogen and oxygen atoms in total. The Kier molecular flexibility index (Phi) is 3.21. The molecule has 0 aliphatic carbocycles. The minimum absolute atomic E-state index is 0.294. The quantitative estimate of drug-likeness (QED) is 0.710. The predicted molar refractivity (Wildman–Crippen MR) is 83.2 cm³/mol. The van der Waals surface area contributed by atoms with E-state index in [4.69, 9.17) is 4.74 Å². The molecule has 0 unspecified atom stereocenters. The first-order chi connectivity index (χ1) is 9.19. The largest absolute Gasteiger partial charge is 0.508 e. The van der Waals surface area contributed by atoms with E-state index in [2.05, 4.69) is 15.9 Å². The Morgan fingerprint density at radius 2 is 1.84 bits per heavy atom. The van der Waals surface area contributed by atoms with Crippen molar-refractivity contribution >= 4 is 37.4 Å². The van der Waals surface area contributed by atoms with E-state index in [9.17, 15) is 5.11 Å². The van der Waals surface area contributed by atoms with Gasteiger partial charge in [0.2, 0.25) is 0 Å². The van der Waals surface area contributed by atoms with E-state index in [1.807, 2.05) is 30.3 Å². The van der Waals surface area contributed by atoms with Crippen molar-refractivity contribution in [2.24, 2.45) is 0 Å². The second-order valence-corrected chi connectivity index (χ2v) is 6.00. The van der Waals surface area contributed by atoms with Gasteiger partial charge in [-0.05, 0) is 64.0 Å². The molecule has 0 radical (unpaired) electrons. The van der Waals surface area contributed by atoms with Crippen molar-refractivity contribution in [2.75, 3.05) is 7.11 Å². The molecule has 0 amide bonds. The molecule has 1 heterocycles. The number of phenols is 1. The Hall–Kier alpha value is -1.52. The Labute approximate surface area is 123 Å². The number of halogens is 1. The summed E-state index contributed by atoms with van der Waals surface area (Å²) in [6.45, 7) is 0. The third kappa shape index (κ3) is 2.22. The average molecular weight is 335 g/mol. The number of fused-ring (bicyclic) bond motifs is 1. The molecule has 0 aliphatic heterocycles. The topological polar surface area (TPSA) is 29.5 Å². The molecule has 0 spiro atoms. The first-order valence-corrected chi connectivity index (χ1v) is 7.35. The highest BCUT2D eigenvalue weighted by Crippen LogP contribution is 2.43. The SMILES string of the molecule is COc1ccc(-c2sc3cc(O)ccc3c2Br)cc1.